The van der Waals surface area contributed by atoms with Gasteiger partial charge in [-0.15, -0.1) is 0 Å². The van der Waals surface area contributed by atoms with E-state index in [0.29, 0.717) is 0 Å². The van der Waals surface area contributed by atoms with Crippen molar-refractivity contribution in [1.29, 1.82) is 0 Å². The van der Waals surface area contributed by atoms with Crippen molar-refractivity contribution in [3.8, 4) is 0 Å². The van der Waals surface area contributed by atoms with Crippen LogP contribution in [-0.2, 0) is 4.74 Å². The average Bonchev–Trinajstić information content (AvgIpc) is 2.35. The highest BCUT2D eigenvalue weighted by Crippen LogP contribution is 2.23. The van der Waals surface area contributed by atoms with Crippen molar-refractivity contribution >= 4 is 11.8 Å². The van der Waals surface area contributed by atoms with Crippen molar-refractivity contribution in [3.63, 3.8) is 0 Å². The van der Waals surface area contributed by atoms with E-state index in [1.165, 1.54) is 5.69 Å². The molecule has 3 nitrogen and oxygen atoms in total. The lowest BCUT2D eigenvalue weighted by Crippen LogP contribution is -2.27. The van der Waals surface area contributed by atoms with Crippen LogP contribution in [0, 0.1) is 0 Å². The molecule has 0 fully saturated rings. The molecule has 0 saturated carbocycles. The van der Waals surface area contributed by atoms with E-state index < -0.39 is 0 Å². The highest BCUT2D eigenvalue weighted by molar-refractivity contribution is 5.67. The Kier molecular flexibility index (Phi) is 3.94. The van der Waals surface area contributed by atoms with Crippen LogP contribution in [0.25, 0.3) is 6.08 Å². The number of fused-ring (bicyclic) bond motifs is 1. The smallest absolute Gasteiger partial charge is 0.0860 e. The molecular weight excluding hydrogens is 200 g/mol. The van der Waals surface area contributed by atoms with Crippen LogP contribution in [0.1, 0.15) is 18.5 Å². The Bertz CT molecular complexity index is 363. The van der Waals surface area contributed by atoms with E-state index in [1.807, 2.05) is 12.3 Å². The van der Waals surface area contributed by atoms with Gasteiger partial charge < -0.3 is 9.64 Å². The molecule has 0 saturated heterocycles. The molecule has 1 aromatic rings. The van der Waals surface area contributed by atoms with Gasteiger partial charge in [0.15, 0.2) is 0 Å². The minimum Gasteiger partial charge on any atom is -0.385 e. The summed E-state index contributed by atoms with van der Waals surface area (Å²) < 4.78 is 5.06. The predicted molar refractivity (Wildman–Crippen MR) is 66.6 cm³/mol. The summed E-state index contributed by atoms with van der Waals surface area (Å²) in [6.07, 6.45) is 8.40. The normalized spacial score (nSPS) is 13.9. The second-order valence-electron chi connectivity index (χ2n) is 3.96. The third-order valence-electron chi connectivity index (χ3n) is 2.78. The van der Waals surface area contributed by atoms with Crippen LogP contribution in [0.4, 0.5) is 5.69 Å². The maximum Gasteiger partial charge on any atom is 0.0860 e. The van der Waals surface area contributed by atoms with Gasteiger partial charge in [0.2, 0.25) is 0 Å². The molecule has 0 unspecified atom stereocenters. The Morgan fingerprint density at radius 1 is 1.44 bits per heavy atom. The topological polar surface area (TPSA) is 25.4 Å². The van der Waals surface area contributed by atoms with Gasteiger partial charge in [0.05, 0.1) is 11.4 Å². The summed E-state index contributed by atoms with van der Waals surface area (Å²) >= 11 is 0. The SMILES string of the molecule is COCCCCN1CC=Cc2ncccc21. The molecule has 1 aliphatic heterocycles. The monoisotopic (exact) mass is 218 g/mol. The van der Waals surface area contributed by atoms with Crippen LogP contribution in [0.15, 0.2) is 24.4 Å². The Balaban J connectivity index is 1.94. The van der Waals surface area contributed by atoms with E-state index in [0.717, 1.165) is 38.2 Å². The molecule has 1 aliphatic rings. The molecule has 2 rings (SSSR count). The molecular formula is C13H18N2O. The summed E-state index contributed by atoms with van der Waals surface area (Å²) in [5.41, 5.74) is 2.34. The molecule has 0 N–H and O–H groups in total. The van der Waals surface area contributed by atoms with Crippen molar-refractivity contribution in [1.82, 2.24) is 4.98 Å². The van der Waals surface area contributed by atoms with Crippen molar-refractivity contribution < 1.29 is 4.74 Å². The summed E-state index contributed by atoms with van der Waals surface area (Å²) in [4.78, 5) is 6.73. The molecule has 86 valence electrons. The highest BCUT2D eigenvalue weighted by Gasteiger charge is 2.12. The second-order valence-corrected chi connectivity index (χ2v) is 3.96. The molecule has 0 atom stereocenters. The van der Waals surface area contributed by atoms with Gasteiger partial charge in [-0.25, -0.2) is 0 Å². The lowest BCUT2D eigenvalue weighted by Gasteiger charge is -2.27. The van der Waals surface area contributed by atoms with Crippen molar-refractivity contribution in [2.75, 3.05) is 31.7 Å². The van der Waals surface area contributed by atoms with Crippen LogP contribution >= 0.6 is 0 Å². The predicted octanol–water partition coefficient (Wildman–Crippen LogP) is 2.34. The molecule has 0 bridgehead atoms. The van der Waals surface area contributed by atoms with Gasteiger partial charge >= 0.3 is 0 Å². The van der Waals surface area contributed by atoms with Crippen LogP contribution < -0.4 is 4.90 Å². The first-order chi connectivity index (χ1) is 7.92. The van der Waals surface area contributed by atoms with Gasteiger partial charge in [0, 0.05) is 33.0 Å². The van der Waals surface area contributed by atoms with Crippen LogP contribution in [0.5, 0.6) is 0 Å². The number of ether oxygens (including phenoxy) is 1. The van der Waals surface area contributed by atoms with Crippen LogP contribution in [-0.4, -0.2) is 31.8 Å². The average molecular weight is 218 g/mol. The van der Waals surface area contributed by atoms with Gasteiger partial charge in [-0.2, -0.15) is 0 Å². The van der Waals surface area contributed by atoms with E-state index >= 15 is 0 Å². The van der Waals surface area contributed by atoms with Crippen LogP contribution in [0.3, 0.4) is 0 Å². The standard InChI is InChI=1S/C13H18N2O/c1-16-11-3-2-9-15-10-5-6-12-13(15)7-4-8-14-12/h4-8H,2-3,9-11H2,1H3. The number of hydrogen-bond acceptors (Lipinski definition) is 3. The number of hydrogen-bond donors (Lipinski definition) is 0. The summed E-state index contributed by atoms with van der Waals surface area (Å²) in [6, 6.07) is 4.14. The van der Waals surface area contributed by atoms with E-state index in [-0.39, 0.29) is 0 Å². The summed E-state index contributed by atoms with van der Waals surface area (Å²) in [5.74, 6) is 0. The number of nitrogens with zero attached hydrogens (tertiary/aromatic N) is 2. The quantitative estimate of drug-likeness (QED) is 0.709. The second kappa shape index (κ2) is 5.66. The maximum absolute atomic E-state index is 5.06. The zero-order valence-electron chi connectivity index (χ0n) is 9.72. The zero-order chi connectivity index (χ0) is 11.2. The molecule has 3 heteroatoms. The van der Waals surface area contributed by atoms with Crippen molar-refractivity contribution in [3.05, 3.63) is 30.1 Å². The number of pyridine rings is 1. The largest absolute Gasteiger partial charge is 0.385 e. The molecule has 1 aromatic heterocycles. The van der Waals surface area contributed by atoms with E-state index in [2.05, 4.69) is 28.1 Å². The van der Waals surface area contributed by atoms with Gasteiger partial charge in [-0.1, -0.05) is 6.08 Å². The van der Waals surface area contributed by atoms with Crippen molar-refractivity contribution in [2.45, 2.75) is 12.8 Å². The Morgan fingerprint density at radius 2 is 2.38 bits per heavy atom. The third kappa shape index (κ3) is 2.61. The van der Waals surface area contributed by atoms with E-state index in [9.17, 15) is 0 Å². The lowest BCUT2D eigenvalue weighted by atomic mass is 10.1. The molecule has 0 aromatic carbocycles. The van der Waals surface area contributed by atoms with E-state index in [1.54, 1.807) is 7.11 Å². The number of aromatic nitrogens is 1. The lowest BCUT2D eigenvalue weighted by molar-refractivity contribution is 0.193. The molecule has 2 heterocycles. The molecule has 0 radical (unpaired) electrons. The zero-order valence-corrected chi connectivity index (χ0v) is 9.72. The van der Waals surface area contributed by atoms with Crippen molar-refractivity contribution in [2.24, 2.45) is 0 Å². The first-order valence-electron chi connectivity index (χ1n) is 5.77. The molecule has 16 heavy (non-hydrogen) atoms. The maximum atomic E-state index is 5.06. The van der Waals surface area contributed by atoms with E-state index in [4.69, 9.17) is 4.74 Å². The van der Waals surface area contributed by atoms with Gasteiger partial charge in [-0.05, 0) is 31.1 Å². The molecule has 0 aliphatic carbocycles. The number of rotatable bonds is 5. The van der Waals surface area contributed by atoms with Gasteiger partial charge in [0.25, 0.3) is 0 Å². The minimum atomic E-state index is 0.851. The summed E-state index contributed by atoms with van der Waals surface area (Å²) in [7, 11) is 1.75. The molecule has 0 amide bonds. The fraction of sp³-hybridized carbons (Fsp3) is 0.462. The Hall–Kier alpha value is -1.35. The van der Waals surface area contributed by atoms with Gasteiger partial charge in [0.1, 0.15) is 0 Å². The summed E-state index contributed by atoms with van der Waals surface area (Å²) in [5, 5.41) is 0. The number of unbranched alkanes of at least 4 members (excludes halogenated alkanes) is 1. The Morgan fingerprint density at radius 3 is 3.25 bits per heavy atom. The number of anilines is 1. The van der Waals surface area contributed by atoms with Crippen LogP contribution in [0.2, 0.25) is 0 Å². The number of methoxy groups -OCH3 is 1. The van der Waals surface area contributed by atoms with Gasteiger partial charge in [-0.3, -0.25) is 4.98 Å². The Labute approximate surface area is 96.7 Å². The fourth-order valence-electron chi connectivity index (χ4n) is 1.96. The first kappa shape index (κ1) is 11.1. The minimum absolute atomic E-state index is 0.851. The first-order valence-corrected chi connectivity index (χ1v) is 5.77. The fourth-order valence-corrected chi connectivity index (χ4v) is 1.96. The molecule has 0 spiro atoms. The highest BCUT2D eigenvalue weighted by atomic mass is 16.5. The summed E-state index contributed by atoms with van der Waals surface area (Å²) in [6.45, 7) is 2.92. The third-order valence-corrected chi connectivity index (χ3v) is 2.78.